The van der Waals surface area contributed by atoms with E-state index >= 15 is 0 Å². The minimum Gasteiger partial charge on any atom is -0.461 e. The summed E-state index contributed by atoms with van der Waals surface area (Å²) in [7, 11) is 0. The molecular formula is C19H17NO2S. The first-order valence-electron chi connectivity index (χ1n) is 7.54. The summed E-state index contributed by atoms with van der Waals surface area (Å²) >= 11 is 1.39. The van der Waals surface area contributed by atoms with Crippen molar-refractivity contribution in [2.45, 2.75) is 13.3 Å². The van der Waals surface area contributed by atoms with E-state index in [9.17, 15) is 4.79 Å². The van der Waals surface area contributed by atoms with Crippen molar-refractivity contribution in [2.75, 3.05) is 6.61 Å². The molecule has 23 heavy (non-hydrogen) atoms. The van der Waals surface area contributed by atoms with Gasteiger partial charge in [0.2, 0.25) is 5.01 Å². The van der Waals surface area contributed by atoms with Gasteiger partial charge in [-0.05, 0) is 18.1 Å². The van der Waals surface area contributed by atoms with Crippen LogP contribution in [0.15, 0.2) is 60.7 Å². The van der Waals surface area contributed by atoms with Crippen LogP contribution in [-0.2, 0) is 11.2 Å². The Morgan fingerprint density at radius 2 is 1.70 bits per heavy atom. The number of ether oxygens (including phenoxy) is 1. The zero-order valence-electron chi connectivity index (χ0n) is 12.9. The zero-order chi connectivity index (χ0) is 16.1. The average molecular weight is 323 g/mol. The predicted molar refractivity (Wildman–Crippen MR) is 92.8 cm³/mol. The van der Waals surface area contributed by atoms with Gasteiger partial charge in [-0.15, -0.1) is 11.3 Å². The van der Waals surface area contributed by atoms with Crippen LogP contribution < -0.4 is 0 Å². The van der Waals surface area contributed by atoms with Crippen LogP contribution in [0.3, 0.4) is 0 Å². The lowest BCUT2D eigenvalue weighted by Crippen LogP contribution is -2.04. The van der Waals surface area contributed by atoms with Crippen LogP contribution in [0, 0.1) is 0 Å². The fourth-order valence-corrected chi connectivity index (χ4v) is 3.34. The third kappa shape index (κ3) is 3.66. The maximum absolute atomic E-state index is 12.0. The highest BCUT2D eigenvalue weighted by Crippen LogP contribution is 2.32. The lowest BCUT2D eigenvalue weighted by molar-refractivity contribution is 0.0525. The van der Waals surface area contributed by atoms with E-state index < -0.39 is 0 Å². The van der Waals surface area contributed by atoms with Crippen molar-refractivity contribution in [3.8, 4) is 10.4 Å². The number of hydrogen-bond donors (Lipinski definition) is 0. The first-order chi connectivity index (χ1) is 11.3. The molecule has 4 heteroatoms. The van der Waals surface area contributed by atoms with Gasteiger partial charge in [0.25, 0.3) is 0 Å². The number of carbonyl (C=O) groups is 1. The molecule has 0 aliphatic heterocycles. The second-order valence-electron chi connectivity index (χ2n) is 5.04. The molecule has 0 radical (unpaired) electrons. The van der Waals surface area contributed by atoms with E-state index in [1.165, 1.54) is 16.9 Å². The SMILES string of the molecule is CCOC(=O)c1nc(Cc2ccccc2)c(-c2ccccc2)s1. The number of esters is 1. The van der Waals surface area contributed by atoms with E-state index in [-0.39, 0.29) is 5.97 Å². The topological polar surface area (TPSA) is 39.2 Å². The normalized spacial score (nSPS) is 10.5. The molecule has 0 atom stereocenters. The molecule has 0 saturated carbocycles. The number of carbonyl (C=O) groups excluding carboxylic acids is 1. The summed E-state index contributed by atoms with van der Waals surface area (Å²) in [6.07, 6.45) is 0.695. The van der Waals surface area contributed by atoms with E-state index in [4.69, 9.17) is 4.74 Å². The molecule has 0 amide bonds. The van der Waals surface area contributed by atoms with Crippen molar-refractivity contribution in [1.29, 1.82) is 0 Å². The Morgan fingerprint density at radius 3 is 2.35 bits per heavy atom. The third-order valence-electron chi connectivity index (χ3n) is 3.40. The van der Waals surface area contributed by atoms with E-state index in [0.717, 1.165) is 16.1 Å². The molecule has 0 fully saturated rings. The van der Waals surface area contributed by atoms with Gasteiger partial charge in [0.1, 0.15) is 0 Å². The second kappa shape index (κ2) is 7.20. The molecule has 116 valence electrons. The van der Waals surface area contributed by atoms with Crippen molar-refractivity contribution in [2.24, 2.45) is 0 Å². The van der Waals surface area contributed by atoms with Gasteiger partial charge in [-0.3, -0.25) is 0 Å². The minimum absolute atomic E-state index is 0.353. The van der Waals surface area contributed by atoms with Gasteiger partial charge in [0, 0.05) is 6.42 Å². The summed E-state index contributed by atoms with van der Waals surface area (Å²) in [4.78, 5) is 17.6. The molecule has 0 saturated heterocycles. The average Bonchev–Trinajstić information content (AvgIpc) is 3.01. The van der Waals surface area contributed by atoms with Crippen LogP contribution in [0.4, 0.5) is 0 Å². The highest BCUT2D eigenvalue weighted by Gasteiger charge is 2.18. The molecule has 1 heterocycles. The lowest BCUT2D eigenvalue weighted by Gasteiger charge is -2.02. The molecular weight excluding hydrogens is 306 g/mol. The molecule has 3 nitrogen and oxygen atoms in total. The predicted octanol–water partition coefficient (Wildman–Crippen LogP) is 4.58. The standard InChI is InChI=1S/C19H17NO2S/c1-2-22-19(21)18-20-16(13-14-9-5-3-6-10-14)17(23-18)15-11-7-4-8-12-15/h3-12H,2,13H2,1H3. The molecule has 0 spiro atoms. The van der Waals surface area contributed by atoms with Gasteiger partial charge in [-0.1, -0.05) is 60.7 Å². The number of aromatic nitrogens is 1. The van der Waals surface area contributed by atoms with E-state index in [1.54, 1.807) is 6.92 Å². The van der Waals surface area contributed by atoms with Crippen LogP contribution >= 0.6 is 11.3 Å². The molecule has 3 aromatic rings. The van der Waals surface area contributed by atoms with Crippen molar-refractivity contribution in [3.05, 3.63) is 76.9 Å². The van der Waals surface area contributed by atoms with Gasteiger partial charge in [0.05, 0.1) is 17.2 Å². The number of hydrogen-bond acceptors (Lipinski definition) is 4. The molecule has 0 N–H and O–H groups in total. The van der Waals surface area contributed by atoms with Crippen LogP contribution in [0.1, 0.15) is 28.0 Å². The molecule has 0 unspecified atom stereocenters. The first kappa shape index (κ1) is 15.4. The second-order valence-corrected chi connectivity index (χ2v) is 6.04. The van der Waals surface area contributed by atoms with Crippen LogP contribution in [0.2, 0.25) is 0 Å². The summed E-state index contributed by atoms with van der Waals surface area (Å²) in [6, 6.07) is 20.2. The molecule has 3 rings (SSSR count). The Kier molecular flexibility index (Phi) is 4.83. The lowest BCUT2D eigenvalue weighted by atomic mass is 10.1. The van der Waals surface area contributed by atoms with Crippen molar-refractivity contribution in [3.63, 3.8) is 0 Å². The van der Waals surface area contributed by atoms with Crippen LogP contribution in [0.5, 0.6) is 0 Å². The largest absolute Gasteiger partial charge is 0.461 e. The van der Waals surface area contributed by atoms with Gasteiger partial charge in [0.15, 0.2) is 0 Å². The Morgan fingerprint density at radius 1 is 1.04 bits per heavy atom. The van der Waals surface area contributed by atoms with Gasteiger partial charge in [-0.2, -0.15) is 0 Å². The minimum atomic E-state index is -0.353. The van der Waals surface area contributed by atoms with Gasteiger partial charge >= 0.3 is 5.97 Å². The Hall–Kier alpha value is -2.46. The fraction of sp³-hybridized carbons (Fsp3) is 0.158. The fourth-order valence-electron chi connectivity index (χ4n) is 2.36. The Balaban J connectivity index is 2.00. The van der Waals surface area contributed by atoms with Crippen molar-refractivity contribution < 1.29 is 9.53 Å². The van der Waals surface area contributed by atoms with Crippen molar-refractivity contribution in [1.82, 2.24) is 4.98 Å². The van der Waals surface area contributed by atoms with Gasteiger partial charge < -0.3 is 4.74 Å². The molecule has 2 aromatic carbocycles. The number of thiazole rings is 1. The Bertz CT molecular complexity index is 782. The third-order valence-corrected chi connectivity index (χ3v) is 4.52. The highest BCUT2D eigenvalue weighted by molar-refractivity contribution is 7.17. The van der Waals surface area contributed by atoms with E-state index in [0.29, 0.717) is 18.0 Å². The highest BCUT2D eigenvalue weighted by atomic mass is 32.1. The molecule has 0 bridgehead atoms. The number of nitrogens with zero attached hydrogens (tertiary/aromatic N) is 1. The van der Waals surface area contributed by atoms with Crippen LogP contribution in [0.25, 0.3) is 10.4 Å². The van der Waals surface area contributed by atoms with E-state index in [1.807, 2.05) is 48.5 Å². The summed E-state index contributed by atoms with van der Waals surface area (Å²) in [5, 5.41) is 0.414. The van der Waals surface area contributed by atoms with Crippen LogP contribution in [-0.4, -0.2) is 17.6 Å². The summed E-state index contributed by atoms with van der Waals surface area (Å²) in [5.74, 6) is -0.353. The first-order valence-corrected chi connectivity index (χ1v) is 8.35. The maximum atomic E-state index is 12.0. The smallest absolute Gasteiger partial charge is 0.367 e. The maximum Gasteiger partial charge on any atom is 0.367 e. The van der Waals surface area contributed by atoms with Gasteiger partial charge in [-0.25, -0.2) is 9.78 Å². The summed E-state index contributed by atoms with van der Waals surface area (Å²) in [5.41, 5.74) is 3.16. The Labute approximate surface area is 139 Å². The quantitative estimate of drug-likeness (QED) is 0.645. The monoisotopic (exact) mass is 323 g/mol. The molecule has 0 aliphatic rings. The molecule has 0 aliphatic carbocycles. The van der Waals surface area contributed by atoms with Crippen molar-refractivity contribution >= 4 is 17.3 Å². The zero-order valence-corrected chi connectivity index (χ0v) is 13.7. The van der Waals surface area contributed by atoms with E-state index in [2.05, 4.69) is 17.1 Å². The summed E-state index contributed by atoms with van der Waals surface area (Å²) in [6.45, 7) is 2.15. The number of benzene rings is 2. The molecule has 1 aromatic heterocycles. The summed E-state index contributed by atoms with van der Waals surface area (Å²) < 4.78 is 5.09. The number of rotatable bonds is 5.